The van der Waals surface area contributed by atoms with Crippen molar-refractivity contribution >= 4 is 67.0 Å². The molecule has 24 heteroatoms. The summed E-state index contributed by atoms with van der Waals surface area (Å²) in [6.07, 6.45) is 54.0. The maximum Gasteiger partial charge on any atom is 0.157 e. The second-order valence-electron chi connectivity index (χ2n) is 47.7. The quantitative estimate of drug-likeness (QED) is 0.0655. The molecule has 0 bridgehead atoms. The average molecular weight is 1810 g/mol. The highest BCUT2D eigenvalue weighted by Gasteiger charge is 2.65. The predicted octanol–water partition coefficient (Wildman–Crippen LogP) is 19.9. The van der Waals surface area contributed by atoms with Crippen molar-refractivity contribution in [3.8, 4) is 0 Å². The molecule has 8 heterocycles. The predicted molar refractivity (Wildman–Crippen MR) is 496 cm³/mol. The lowest BCUT2D eigenvalue weighted by molar-refractivity contribution is -0.134. The molecule has 8 aromatic rings. The summed E-state index contributed by atoms with van der Waals surface area (Å²) in [4.78, 5) is 71.2. The van der Waals surface area contributed by atoms with Gasteiger partial charge in [-0.25, -0.2) is 17.6 Å². The van der Waals surface area contributed by atoms with Crippen LogP contribution in [0.2, 0.25) is 0 Å². The summed E-state index contributed by atoms with van der Waals surface area (Å²) in [6.45, 7) is 8.52. The Hall–Kier alpha value is -7.28. The number of halogens is 4. The van der Waals surface area contributed by atoms with Crippen molar-refractivity contribution < 1.29 is 57.2 Å². The van der Waals surface area contributed by atoms with Crippen LogP contribution >= 0.6 is 0 Å². The number of aliphatic hydroxyl groups is 4. The maximum absolute atomic E-state index is 13.6. The lowest BCUT2D eigenvalue weighted by Crippen LogP contribution is -2.52. The number of ketones is 4. The Morgan fingerprint density at radius 2 is 0.674 bits per heavy atom. The molecule has 16 fully saturated rings. The Morgan fingerprint density at radius 3 is 1.08 bits per heavy atom. The van der Waals surface area contributed by atoms with Crippen LogP contribution in [0.25, 0.3) is 43.9 Å². The molecule has 0 aliphatic heterocycles. The van der Waals surface area contributed by atoms with Crippen LogP contribution in [0.5, 0.6) is 0 Å². The fourth-order valence-electron chi connectivity index (χ4n) is 35.6. The van der Waals surface area contributed by atoms with E-state index in [4.69, 9.17) is 0 Å². The Bertz CT molecular complexity index is 5130. The summed E-state index contributed by atoms with van der Waals surface area (Å²) in [5.74, 6) is 14.2. The van der Waals surface area contributed by atoms with Crippen LogP contribution in [0.1, 0.15) is 259 Å². The highest BCUT2D eigenvalue weighted by molar-refractivity contribution is 5.87. The monoisotopic (exact) mass is 1810 g/mol. The van der Waals surface area contributed by atoms with Gasteiger partial charge in [0.05, 0.1) is 77.5 Å². The van der Waals surface area contributed by atoms with Crippen molar-refractivity contribution in [3.63, 3.8) is 0 Å². The molecule has 0 spiro atoms. The highest BCUT2D eigenvalue weighted by Crippen LogP contribution is 2.70. The summed E-state index contributed by atoms with van der Waals surface area (Å²) in [5, 5.41) is 62.3. The summed E-state index contributed by atoms with van der Waals surface area (Å²) in [5.41, 5.74) is 1.26. The molecule has 32 atom stereocenters. The Morgan fingerprint density at radius 1 is 0.326 bits per heavy atom. The third kappa shape index (κ3) is 16.2. The smallest absolute Gasteiger partial charge is 0.157 e. The maximum atomic E-state index is 13.6. The molecule has 0 saturated heterocycles. The first-order valence-corrected chi connectivity index (χ1v) is 52.0. The SMILES string of the molecule is C[C@]12CC[C@H]3[C@@H](CC[C@@H]4C[C@@](O)(CF)CC[C@@H]43)[C@@H]1CC[C@@H]2C(=O)Cn1cc2ccncc2n1.C[C@]12CC[C@H]3[C@@H](CC[C@@H]4C[C@@](O)(CF)CC[C@@H]43)[C@@H]1CC[C@@H]2C(=O)Cn1cc2ncccc2n1.C[C@]12CC[C@H]3[C@@H](CC[C@@H]4C[C@@](O)(CF)CC[C@@H]43)[C@@H]1CC[C@@H]2C(=O)Cn1ncc2ccncc21.C[C@]12CC[C@H]3[C@@H](CC[C@@H]4C[C@@](O)(CF)CC[C@@H]43)[C@@H]1CC[C@@H]2C(=O)Cn1ncc2ncccc21. The standard InChI is InChI=1S/4C27H36FN3O2/c1-26-9-6-20-19-7-10-27(33,16-28)12-17(19)2-3-21(20)22(26)4-5-23(26)25(32)15-31-14-18-8-11-29-13-24(18)30-31;1-26-9-6-20-19-7-10-27(33,16-28)12-17(19)2-3-21(20)22(26)4-5-23(26)25(32)15-31-24-14-29-11-8-18(24)13-30-31;1-26-10-8-19-18-9-11-27(33,16-28)13-17(18)4-5-20(19)21(26)6-7-22(26)25(32)15-31-24-3-2-12-29-23(24)14-30-31;1-26-10-8-19-18-9-11-27(33,16-28)13-17(18)4-5-20(19)21(26)6-7-22(26)25(32)15-31-14-24-23(30-31)3-2-12-29-24/h2*8,11,13-14,17,19-23,33H,2-7,9-10,12,15-16H2,1H3;2*2-3,12,14,17-22,33H,4-11,13,15-16H2,1H3/t2*17-,19+,20-,21-,22+,23-,26+,27-;2*17-,18+,19-,20-,21+,22-,26+,27-/m1111/s1. The zero-order chi connectivity index (χ0) is 91.2. The molecular formula is C108H144F4N12O8. The second-order valence-corrected chi connectivity index (χ2v) is 47.7. The summed E-state index contributed by atoms with van der Waals surface area (Å²) in [6, 6.07) is 11.6. The Balaban J connectivity index is 0.000000106. The van der Waals surface area contributed by atoms with Crippen molar-refractivity contribution in [2.75, 3.05) is 26.7 Å². The van der Waals surface area contributed by atoms with Gasteiger partial charge in [-0.1, -0.05) is 27.7 Å². The van der Waals surface area contributed by atoms with E-state index < -0.39 is 49.1 Å². The molecule has 4 N–H and O–H groups in total. The van der Waals surface area contributed by atoms with Crippen LogP contribution in [-0.2, 0) is 45.4 Å². The molecule has 0 radical (unpaired) electrons. The minimum absolute atomic E-state index is 0.0840. The van der Waals surface area contributed by atoms with Gasteiger partial charge < -0.3 is 20.4 Å². The van der Waals surface area contributed by atoms with E-state index in [2.05, 4.69) is 68.0 Å². The fourth-order valence-corrected chi connectivity index (χ4v) is 35.6. The Kier molecular flexibility index (Phi) is 24.6. The van der Waals surface area contributed by atoms with Gasteiger partial charge in [0, 0.05) is 65.4 Å². The van der Waals surface area contributed by atoms with E-state index in [1.165, 1.54) is 51.4 Å². The fraction of sp³-hybridized carbons (Fsp3) is 0.741. The van der Waals surface area contributed by atoms with Crippen molar-refractivity contribution in [1.82, 2.24) is 59.1 Å². The number of alkyl halides is 4. The van der Waals surface area contributed by atoms with Gasteiger partial charge in [-0.3, -0.25) is 57.8 Å². The molecular weight excluding hydrogens is 1670 g/mol. The van der Waals surface area contributed by atoms with Gasteiger partial charge in [-0.05, 0) is 408 Å². The number of Topliss-reactive ketones (excluding diaryl/α,β-unsaturated/α-hetero) is 4. The molecule has 0 amide bonds. The van der Waals surface area contributed by atoms with Gasteiger partial charge >= 0.3 is 0 Å². The van der Waals surface area contributed by atoms with Crippen LogP contribution in [0.3, 0.4) is 0 Å². The van der Waals surface area contributed by atoms with Crippen molar-refractivity contribution in [3.05, 3.63) is 98.4 Å². The van der Waals surface area contributed by atoms with Crippen LogP contribution < -0.4 is 0 Å². The minimum Gasteiger partial charge on any atom is -0.387 e. The first kappa shape index (κ1) is 91.2. The first-order valence-electron chi connectivity index (χ1n) is 52.0. The van der Waals surface area contributed by atoms with E-state index in [-0.39, 0.29) is 45.3 Å². The van der Waals surface area contributed by atoms with Gasteiger partial charge in [0.2, 0.25) is 0 Å². The topological polar surface area (TPSA) is 272 Å². The molecule has 16 aliphatic rings. The number of hydrogen-bond acceptors (Lipinski definition) is 16. The minimum atomic E-state index is -1.08. The van der Waals surface area contributed by atoms with Gasteiger partial charge in [0.15, 0.2) is 23.1 Å². The van der Waals surface area contributed by atoms with E-state index in [1.807, 2.05) is 64.4 Å². The number of carbonyl (C=O) groups excluding carboxylic acids is 4. The van der Waals surface area contributed by atoms with E-state index in [1.54, 1.807) is 52.7 Å². The number of carbonyl (C=O) groups is 4. The molecule has 20 nitrogen and oxygen atoms in total. The average Bonchev–Trinajstić information content (AvgIpc) is 1.53. The van der Waals surface area contributed by atoms with E-state index in [0.717, 1.165) is 172 Å². The largest absolute Gasteiger partial charge is 0.387 e. The lowest BCUT2D eigenvalue weighted by Gasteiger charge is -2.56. The number of nitrogens with zero attached hydrogens (tertiary/aromatic N) is 12. The van der Waals surface area contributed by atoms with E-state index >= 15 is 0 Å². The first-order chi connectivity index (χ1) is 63.6. The van der Waals surface area contributed by atoms with Crippen molar-refractivity contribution in [2.24, 2.45) is 164 Å². The number of rotatable bonds is 16. The highest BCUT2D eigenvalue weighted by atomic mass is 19.1. The molecule has 24 rings (SSSR count). The van der Waals surface area contributed by atoms with E-state index in [9.17, 15) is 57.2 Å². The lowest BCUT2D eigenvalue weighted by atomic mass is 9.49. The zero-order valence-electron chi connectivity index (χ0n) is 78.5. The normalized spacial score (nSPS) is 42.5. The molecule has 0 unspecified atom stereocenters. The molecule has 712 valence electrons. The molecule has 8 aromatic heterocycles. The van der Waals surface area contributed by atoms with Crippen molar-refractivity contribution in [1.29, 1.82) is 0 Å². The summed E-state index contributed by atoms with van der Waals surface area (Å²) < 4.78 is 60.9. The second kappa shape index (κ2) is 35.6. The Labute approximate surface area is 775 Å². The van der Waals surface area contributed by atoms with Gasteiger partial charge in [0.25, 0.3) is 0 Å². The van der Waals surface area contributed by atoms with Crippen LogP contribution in [0.4, 0.5) is 17.6 Å². The zero-order valence-corrected chi connectivity index (χ0v) is 78.5. The third-order valence-electron chi connectivity index (χ3n) is 41.8. The third-order valence-corrected chi connectivity index (χ3v) is 41.8. The van der Waals surface area contributed by atoms with Crippen LogP contribution in [-0.4, -0.2) is 152 Å². The number of aromatic nitrogens is 12. The van der Waals surface area contributed by atoms with Gasteiger partial charge in [-0.15, -0.1) is 0 Å². The summed E-state index contributed by atoms with van der Waals surface area (Å²) in [7, 11) is 0. The number of fused-ring (bicyclic) bond motifs is 24. The molecule has 132 heavy (non-hydrogen) atoms. The van der Waals surface area contributed by atoms with Gasteiger partial charge in [-0.2, -0.15) is 20.4 Å². The summed E-state index contributed by atoms with van der Waals surface area (Å²) >= 11 is 0. The molecule has 0 aromatic carbocycles. The van der Waals surface area contributed by atoms with Crippen LogP contribution in [0, 0.1) is 164 Å². The van der Waals surface area contributed by atoms with Gasteiger partial charge in [0.1, 0.15) is 61.9 Å². The van der Waals surface area contributed by atoms with E-state index in [0.29, 0.717) is 219 Å². The van der Waals surface area contributed by atoms with Crippen molar-refractivity contribution in [2.45, 2.75) is 307 Å². The number of hydrogen-bond donors (Lipinski definition) is 4. The molecule has 16 saturated carbocycles. The number of pyridine rings is 4. The van der Waals surface area contributed by atoms with Crippen LogP contribution in [0.15, 0.2) is 98.4 Å². The molecule has 16 aliphatic carbocycles.